The zero-order valence-corrected chi connectivity index (χ0v) is 8.63. The fourth-order valence-electron chi connectivity index (χ4n) is 1.38. The van der Waals surface area contributed by atoms with E-state index in [9.17, 15) is 9.50 Å². The highest BCUT2D eigenvalue weighted by Crippen LogP contribution is 2.26. The minimum absolute atomic E-state index is 0.341. The van der Waals surface area contributed by atoms with Crippen molar-refractivity contribution in [3.8, 4) is 0 Å². The van der Waals surface area contributed by atoms with Gasteiger partial charge in [-0.3, -0.25) is 15.0 Å². The molecule has 0 aliphatic rings. The van der Waals surface area contributed by atoms with E-state index in [1.54, 1.807) is 0 Å². The van der Waals surface area contributed by atoms with E-state index in [1.165, 1.54) is 37.8 Å². The van der Waals surface area contributed by atoms with Crippen LogP contribution in [0.4, 0.5) is 4.39 Å². The number of halogens is 1. The fourth-order valence-corrected chi connectivity index (χ4v) is 1.38. The number of rotatable bonds is 2. The van der Waals surface area contributed by atoms with E-state index in [-0.39, 0.29) is 0 Å². The van der Waals surface area contributed by atoms with Crippen LogP contribution < -0.4 is 0 Å². The second kappa shape index (κ2) is 3.94. The van der Waals surface area contributed by atoms with E-state index in [2.05, 4.69) is 15.0 Å². The van der Waals surface area contributed by atoms with Crippen molar-refractivity contribution >= 4 is 0 Å². The molecule has 0 saturated carbocycles. The summed E-state index contributed by atoms with van der Waals surface area (Å²) >= 11 is 0. The Balaban J connectivity index is 2.47. The SMILES string of the molecule is CC(O)(c1cncc(F)c1)c1cnccn1. The molecule has 82 valence electrons. The first kappa shape index (κ1) is 10.6. The lowest BCUT2D eigenvalue weighted by Gasteiger charge is -2.22. The molecule has 0 fully saturated rings. The number of aliphatic hydroxyl groups is 1. The van der Waals surface area contributed by atoms with Gasteiger partial charge in [0.05, 0.1) is 18.1 Å². The molecule has 0 aliphatic carbocycles. The first-order chi connectivity index (χ1) is 7.60. The Morgan fingerprint density at radius 3 is 2.62 bits per heavy atom. The van der Waals surface area contributed by atoms with Crippen molar-refractivity contribution in [3.05, 3.63) is 54.1 Å². The predicted octanol–water partition coefficient (Wildman–Crippen LogP) is 1.27. The van der Waals surface area contributed by atoms with Crippen molar-refractivity contribution in [2.45, 2.75) is 12.5 Å². The minimum atomic E-state index is -1.40. The van der Waals surface area contributed by atoms with E-state index < -0.39 is 11.4 Å². The van der Waals surface area contributed by atoms with Crippen molar-refractivity contribution in [1.29, 1.82) is 0 Å². The normalized spacial score (nSPS) is 14.4. The Hall–Kier alpha value is -1.88. The van der Waals surface area contributed by atoms with Crippen molar-refractivity contribution in [2.24, 2.45) is 0 Å². The van der Waals surface area contributed by atoms with Gasteiger partial charge in [0.15, 0.2) is 0 Å². The maximum atomic E-state index is 13.0. The number of aromatic nitrogens is 3. The van der Waals surface area contributed by atoms with Gasteiger partial charge in [-0.15, -0.1) is 0 Å². The standard InChI is InChI=1S/C11H10FN3O/c1-11(16,10-7-13-2-3-15-10)8-4-9(12)6-14-5-8/h2-7,16H,1H3. The number of pyridine rings is 1. The summed E-state index contributed by atoms with van der Waals surface area (Å²) < 4.78 is 13.0. The molecule has 0 bridgehead atoms. The molecule has 0 spiro atoms. The van der Waals surface area contributed by atoms with Gasteiger partial charge >= 0.3 is 0 Å². The van der Waals surface area contributed by atoms with Gasteiger partial charge in [0.1, 0.15) is 11.4 Å². The largest absolute Gasteiger partial charge is 0.379 e. The van der Waals surface area contributed by atoms with Gasteiger partial charge in [-0.1, -0.05) is 0 Å². The number of hydrogen-bond acceptors (Lipinski definition) is 4. The van der Waals surface area contributed by atoms with Gasteiger partial charge in [0.25, 0.3) is 0 Å². The average Bonchev–Trinajstić information content (AvgIpc) is 2.30. The van der Waals surface area contributed by atoms with Crippen LogP contribution in [0, 0.1) is 5.82 Å². The Morgan fingerprint density at radius 1 is 1.19 bits per heavy atom. The van der Waals surface area contributed by atoms with Gasteiger partial charge in [0, 0.05) is 24.2 Å². The van der Waals surface area contributed by atoms with E-state index in [4.69, 9.17) is 0 Å². The van der Waals surface area contributed by atoms with Crippen LogP contribution in [-0.4, -0.2) is 20.1 Å². The molecular weight excluding hydrogens is 209 g/mol. The van der Waals surface area contributed by atoms with Crippen LogP contribution in [0.2, 0.25) is 0 Å². The minimum Gasteiger partial charge on any atom is -0.379 e. The highest BCUT2D eigenvalue weighted by Gasteiger charge is 2.28. The zero-order valence-electron chi connectivity index (χ0n) is 8.63. The van der Waals surface area contributed by atoms with Gasteiger partial charge in [-0.05, 0) is 13.0 Å². The van der Waals surface area contributed by atoms with Gasteiger partial charge in [-0.25, -0.2) is 4.39 Å². The first-order valence-corrected chi connectivity index (χ1v) is 4.70. The quantitative estimate of drug-likeness (QED) is 0.826. The van der Waals surface area contributed by atoms with Crippen LogP contribution in [0.15, 0.2) is 37.1 Å². The van der Waals surface area contributed by atoms with Crippen molar-refractivity contribution in [2.75, 3.05) is 0 Å². The fraction of sp³-hybridized carbons (Fsp3) is 0.182. The maximum Gasteiger partial charge on any atom is 0.141 e. The van der Waals surface area contributed by atoms with Crippen molar-refractivity contribution in [3.63, 3.8) is 0 Å². The molecule has 2 rings (SSSR count). The van der Waals surface area contributed by atoms with Gasteiger partial charge < -0.3 is 5.11 Å². The van der Waals surface area contributed by atoms with E-state index in [0.717, 1.165) is 6.20 Å². The Kier molecular flexibility index (Phi) is 2.62. The summed E-state index contributed by atoms with van der Waals surface area (Å²) in [4.78, 5) is 11.5. The summed E-state index contributed by atoms with van der Waals surface area (Å²) in [6.07, 6.45) is 6.89. The van der Waals surface area contributed by atoms with Crippen LogP contribution in [0.5, 0.6) is 0 Å². The number of hydrogen-bond donors (Lipinski definition) is 1. The van der Waals surface area contributed by atoms with Crippen LogP contribution in [0.25, 0.3) is 0 Å². The number of nitrogens with zero attached hydrogens (tertiary/aromatic N) is 3. The molecular formula is C11H10FN3O. The average molecular weight is 219 g/mol. The van der Waals surface area contributed by atoms with Crippen LogP contribution in [0.3, 0.4) is 0 Å². The van der Waals surface area contributed by atoms with Crippen molar-refractivity contribution < 1.29 is 9.50 Å². The molecule has 4 nitrogen and oxygen atoms in total. The summed E-state index contributed by atoms with van der Waals surface area (Å²) in [6, 6.07) is 1.22. The molecule has 5 heteroatoms. The van der Waals surface area contributed by atoms with E-state index in [0.29, 0.717) is 11.3 Å². The smallest absolute Gasteiger partial charge is 0.141 e. The predicted molar refractivity (Wildman–Crippen MR) is 54.9 cm³/mol. The van der Waals surface area contributed by atoms with Crippen LogP contribution in [0.1, 0.15) is 18.2 Å². The second-order valence-corrected chi connectivity index (χ2v) is 3.55. The molecule has 0 aliphatic heterocycles. The lowest BCUT2D eigenvalue weighted by atomic mass is 9.94. The highest BCUT2D eigenvalue weighted by molar-refractivity contribution is 5.27. The van der Waals surface area contributed by atoms with Crippen LogP contribution >= 0.6 is 0 Å². The second-order valence-electron chi connectivity index (χ2n) is 3.55. The Bertz CT molecular complexity index is 488. The highest BCUT2D eigenvalue weighted by atomic mass is 19.1. The molecule has 0 aromatic carbocycles. The summed E-state index contributed by atoms with van der Waals surface area (Å²) in [5.41, 5.74) is -0.709. The third-order valence-electron chi connectivity index (χ3n) is 2.33. The molecule has 16 heavy (non-hydrogen) atoms. The molecule has 2 heterocycles. The molecule has 0 amide bonds. The topological polar surface area (TPSA) is 58.9 Å². The molecule has 2 aromatic rings. The zero-order chi connectivity index (χ0) is 11.6. The third kappa shape index (κ3) is 1.90. The van der Waals surface area contributed by atoms with Gasteiger partial charge in [0.2, 0.25) is 0 Å². The molecule has 2 aromatic heterocycles. The Labute approximate surface area is 91.8 Å². The van der Waals surface area contributed by atoms with E-state index >= 15 is 0 Å². The molecule has 1 unspecified atom stereocenters. The molecule has 1 N–H and O–H groups in total. The summed E-state index contributed by atoms with van der Waals surface area (Å²) in [7, 11) is 0. The molecule has 0 radical (unpaired) electrons. The molecule has 1 atom stereocenters. The third-order valence-corrected chi connectivity index (χ3v) is 2.33. The van der Waals surface area contributed by atoms with Crippen LogP contribution in [-0.2, 0) is 5.60 Å². The first-order valence-electron chi connectivity index (χ1n) is 4.70. The maximum absolute atomic E-state index is 13.0. The summed E-state index contributed by atoms with van der Waals surface area (Å²) in [5.74, 6) is -0.498. The van der Waals surface area contributed by atoms with Gasteiger partial charge in [-0.2, -0.15) is 0 Å². The summed E-state index contributed by atoms with van der Waals surface area (Å²) in [5, 5.41) is 10.3. The Morgan fingerprint density at radius 2 is 2.00 bits per heavy atom. The monoisotopic (exact) mass is 219 g/mol. The lowest BCUT2D eigenvalue weighted by Crippen LogP contribution is -2.24. The van der Waals surface area contributed by atoms with E-state index in [1.807, 2.05) is 0 Å². The summed E-state index contributed by atoms with van der Waals surface area (Å²) in [6.45, 7) is 1.52. The lowest BCUT2D eigenvalue weighted by molar-refractivity contribution is 0.0961. The molecule has 0 saturated heterocycles. The van der Waals surface area contributed by atoms with Crippen molar-refractivity contribution in [1.82, 2.24) is 15.0 Å².